The van der Waals surface area contributed by atoms with Crippen LogP contribution in [0.1, 0.15) is 68.6 Å². The molecule has 0 bridgehead atoms. The van der Waals surface area contributed by atoms with Gasteiger partial charge in [-0.15, -0.1) is 0 Å². The van der Waals surface area contributed by atoms with Crippen LogP contribution in [0.3, 0.4) is 0 Å². The summed E-state index contributed by atoms with van der Waals surface area (Å²) in [5.41, 5.74) is 2.94. The maximum atomic E-state index is 13.1. The summed E-state index contributed by atoms with van der Waals surface area (Å²) in [6.45, 7) is 6.64. The molecule has 0 N–H and O–H groups in total. The van der Waals surface area contributed by atoms with Crippen molar-refractivity contribution in [2.75, 3.05) is 20.3 Å². The minimum absolute atomic E-state index is 0.0254. The number of morpholine rings is 1. The number of hydrogen-bond donors (Lipinski definition) is 0. The van der Waals surface area contributed by atoms with E-state index in [1.807, 2.05) is 32.9 Å². The van der Waals surface area contributed by atoms with Crippen LogP contribution < -0.4 is 0 Å². The van der Waals surface area contributed by atoms with Gasteiger partial charge in [-0.05, 0) is 44.6 Å². The van der Waals surface area contributed by atoms with Gasteiger partial charge in [0.05, 0.1) is 43.6 Å². The van der Waals surface area contributed by atoms with Gasteiger partial charge in [-0.1, -0.05) is 13.8 Å². The summed E-state index contributed by atoms with van der Waals surface area (Å²) in [6.07, 6.45) is -3.80. The largest absolute Gasteiger partial charge is 0.453 e. The summed E-state index contributed by atoms with van der Waals surface area (Å²) in [5, 5.41) is 4.74. The Balaban J connectivity index is 1.60. The van der Waals surface area contributed by atoms with Gasteiger partial charge in [-0.25, -0.2) is 14.3 Å². The lowest BCUT2D eigenvalue weighted by molar-refractivity contribution is -0.182. The lowest BCUT2D eigenvalue weighted by Crippen LogP contribution is -2.52. The van der Waals surface area contributed by atoms with Crippen LogP contribution in [0, 0.1) is 18.8 Å². The smallest absolute Gasteiger partial charge is 0.409 e. The fraction of sp³-hybridized carbons (Fsp3) is 0.696. The second-order valence-corrected chi connectivity index (χ2v) is 9.51. The second-order valence-electron chi connectivity index (χ2n) is 9.51. The van der Waals surface area contributed by atoms with Crippen molar-refractivity contribution in [2.24, 2.45) is 11.8 Å². The van der Waals surface area contributed by atoms with Crippen LogP contribution in [0.2, 0.25) is 0 Å². The van der Waals surface area contributed by atoms with Gasteiger partial charge in [0.25, 0.3) is 0 Å². The van der Waals surface area contributed by atoms with E-state index in [0.717, 1.165) is 17.1 Å². The highest BCUT2D eigenvalue weighted by molar-refractivity contribution is 5.68. The van der Waals surface area contributed by atoms with Crippen LogP contribution in [0.5, 0.6) is 0 Å². The highest BCUT2D eigenvalue weighted by Crippen LogP contribution is 2.43. The molecule has 10 heteroatoms. The van der Waals surface area contributed by atoms with Gasteiger partial charge in [-0.2, -0.15) is 18.3 Å². The highest BCUT2D eigenvalue weighted by atomic mass is 19.4. The first kappa shape index (κ1) is 23.8. The number of ether oxygens (including phenoxy) is 2. The standard InChI is InChI=1S/C23H31F3N4O3/c1-13(2)19-12-33-20(11-29(19)22(31)32-4)18-9-14(3)27-21-10-17(28-30(18)21)15-5-7-16(8-6-15)23(24,25)26/h9-10,13,15-16,19-20H,5-8,11-12H2,1-4H3/t15?,16?,19-,20+/m1/s1. The molecule has 33 heavy (non-hydrogen) atoms. The Kier molecular flexibility index (Phi) is 6.57. The van der Waals surface area contributed by atoms with E-state index in [1.54, 1.807) is 9.42 Å². The van der Waals surface area contributed by atoms with Crippen molar-refractivity contribution < 1.29 is 27.4 Å². The molecule has 2 aromatic rings. The van der Waals surface area contributed by atoms with E-state index in [2.05, 4.69) is 4.98 Å². The zero-order chi connectivity index (χ0) is 23.9. The normalized spacial score (nSPS) is 26.7. The minimum atomic E-state index is -4.13. The second kappa shape index (κ2) is 9.12. The van der Waals surface area contributed by atoms with Crippen molar-refractivity contribution in [3.63, 3.8) is 0 Å². The van der Waals surface area contributed by atoms with E-state index in [0.29, 0.717) is 31.6 Å². The Morgan fingerprint density at radius 1 is 1.21 bits per heavy atom. The highest BCUT2D eigenvalue weighted by Gasteiger charge is 2.42. The molecule has 0 radical (unpaired) electrons. The number of hydrogen-bond acceptors (Lipinski definition) is 5. The van der Waals surface area contributed by atoms with Crippen LogP contribution in [0.4, 0.5) is 18.0 Å². The lowest BCUT2D eigenvalue weighted by Gasteiger charge is -2.40. The van der Waals surface area contributed by atoms with Crippen LogP contribution in [0.25, 0.3) is 5.65 Å². The number of fused-ring (bicyclic) bond motifs is 1. The molecule has 7 nitrogen and oxygen atoms in total. The van der Waals surface area contributed by atoms with E-state index in [4.69, 9.17) is 14.6 Å². The van der Waals surface area contributed by atoms with Gasteiger partial charge in [0.2, 0.25) is 0 Å². The van der Waals surface area contributed by atoms with Crippen molar-refractivity contribution in [1.29, 1.82) is 0 Å². The average molecular weight is 469 g/mol. The van der Waals surface area contributed by atoms with Crippen LogP contribution in [-0.4, -0.2) is 58.1 Å². The molecule has 1 saturated carbocycles. The molecule has 2 aliphatic rings. The summed E-state index contributed by atoms with van der Waals surface area (Å²) >= 11 is 0. The van der Waals surface area contributed by atoms with Crippen LogP contribution in [0.15, 0.2) is 12.1 Å². The van der Waals surface area contributed by atoms with Crippen molar-refractivity contribution in [1.82, 2.24) is 19.5 Å². The molecule has 0 unspecified atom stereocenters. The number of aromatic nitrogens is 3. The van der Waals surface area contributed by atoms with E-state index in [-0.39, 0.29) is 30.7 Å². The van der Waals surface area contributed by atoms with E-state index in [1.165, 1.54) is 7.11 Å². The number of methoxy groups -OCH3 is 1. The Bertz CT molecular complexity index is 999. The van der Waals surface area contributed by atoms with Gasteiger partial charge in [-0.3, -0.25) is 4.90 Å². The van der Waals surface area contributed by atoms with Gasteiger partial charge in [0.15, 0.2) is 5.65 Å². The number of alkyl halides is 3. The monoisotopic (exact) mass is 468 g/mol. The number of rotatable bonds is 3. The van der Waals surface area contributed by atoms with Gasteiger partial charge >= 0.3 is 12.3 Å². The molecule has 0 spiro atoms. The molecule has 2 atom stereocenters. The van der Waals surface area contributed by atoms with E-state index in [9.17, 15) is 18.0 Å². The fourth-order valence-corrected chi connectivity index (χ4v) is 5.02. The third kappa shape index (κ3) is 4.81. The molecule has 1 amide bonds. The maximum absolute atomic E-state index is 13.1. The van der Waals surface area contributed by atoms with E-state index < -0.39 is 24.3 Å². The molecule has 2 aromatic heterocycles. The molecular formula is C23H31F3N4O3. The third-order valence-corrected chi connectivity index (χ3v) is 6.95. The molecule has 0 aromatic carbocycles. The zero-order valence-corrected chi connectivity index (χ0v) is 19.4. The topological polar surface area (TPSA) is 69.0 Å². The van der Waals surface area contributed by atoms with Crippen molar-refractivity contribution in [2.45, 2.75) is 70.7 Å². The molecule has 1 aliphatic heterocycles. The molecule has 1 saturated heterocycles. The Labute approximate surface area is 191 Å². The van der Waals surface area contributed by atoms with Gasteiger partial charge in [0.1, 0.15) is 6.10 Å². The molecule has 182 valence electrons. The molecular weight excluding hydrogens is 437 g/mol. The van der Waals surface area contributed by atoms with Crippen molar-refractivity contribution in [3.8, 4) is 0 Å². The predicted molar refractivity (Wildman–Crippen MR) is 115 cm³/mol. The number of carbonyl (C=O) groups excluding carboxylic acids is 1. The SMILES string of the molecule is COC(=O)N1C[C@@H](c2cc(C)nc3cc(C4CCC(C(F)(F)F)CC4)nn23)OC[C@@H]1C(C)C. The minimum Gasteiger partial charge on any atom is -0.453 e. The summed E-state index contributed by atoms with van der Waals surface area (Å²) in [6, 6.07) is 3.66. The summed E-state index contributed by atoms with van der Waals surface area (Å²) in [4.78, 5) is 18.7. The molecule has 4 rings (SSSR count). The summed E-state index contributed by atoms with van der Waals surface area (Å²) < 4.78 is 52.0. The van der Waals surface area contributed by atoms with Crippen LogP contribution >= 0.6 is 0 Å². The molecule has 3 heterocycles. The number of aryl methyl sites for hydroxylation is 1. The first-order valence-electron chi connectivity index (χ1n) is 11.5. The predicted octanol–water partition coefficient (Wildman–Crippen LogP) is 5.04. The number of halogens is 3. The van der Waals surface area contributed by atoms with Gasteiger partial charge in [0, 0.05) is 17.7 Å². The number of amides is 1. The Hall–Kier alpha value is -2.36. The molecule has 1 aliphatic carbocycles. The first-order chi connectivity index (χ1) is 15.6. The number of carbonyl (C=O) groups is 1. The summed E-state index contributed by atoms with van der Waals surface area (Å²) in [7, 11) is 1.37. The van der Waals surface area contributed by atoms with Crippen LogP contribution in [-0.2, 0) is 9.47 Å². The first-order valence-corrected chi connectivity index (χ1v) is 11.5. The maximum Gasteiger partial charge on any atom is 0.409 e. The quantitative estimate of drug-likeness (QED) is 0.632. The summed E-state index contributed by atoms with van der Waals surface area (Å²) in [5.74, 6) is -1.05. The van der Waals surface area contributed by atoms with Gasteiger partial charge < -0.3 is 9.47 Å². The zero-order valence-electron chi connectivity index (χ0n) is 19.4. The Morgan fingerprint density at radius 2 is 1.91 bits per heavy atom. The number of nitrogens with zero attached hydrogens (tertiary/aromatic N) is 4. The average Bonchev–Trinajstić information content (AvgIpc) is 3.21. The lowest BCUT2D eigenvalue weighted by atomic mass is 9.80. The third-order valence-electron chi connectivity index (χ3n) is 6.95. The van der Waals surface area contributed by atoms with Crippen molar-refractivity contribution >= 4 is 11.7 Å². The Morgan fingerprint density at radius 3 is 2.52 bits per heavy atom. The molecule has 2 fully saturated rings. The fourth-order valence-electron chi connectivity index (χ4n) is 5.02. The van der Waals surface area contributed by atoms with E-state index >= 15 is 0 Å². The van der Waals surface area contributed by atoms with Crippen molar-refractivity contribution in [3.05, 3.63) is 29.2 Å².